The zero-order valence-corrected chi connectivity index (χ0v) is 13.9. The third-order valence-corrected chi connectivity index (χ3v) is 4.78. The van der Waals surface area contributed by atoms with Crippen molar-refractivity contribution in [3.63, 3.8) is 0 Å². The van der Waals surface area contributed by atoms with E-state index in [4.69, 9.17) is 0 Å². The van der Waals surface area contributed by atoms with Gasteiger partial charge in [0.05, 0.1) is 12.2 Å². The van der Waals surface area contributed by atoms with Crippen LogP contribution < -0.4 is 5.32 Å². The zero-order chi connectivity index (χ0) is 14.5. The number of amides is 1. The van der Waals surface area contributed by atoms with Gasteiger partial charge >= 0.3 is 0 Å². The Kier molecular flexibility index (Phi) is 6.65. The highest BCUT2D eigenvalue weighted by Crippen LogP contribution is 2.30. The van der Waals surface area contributed by atoms with E-state index in [1.165, 1.54) is 6.42 Å². The normalized spacial score (nSPS) is 22.1. The molecule has 0 spiro atoms. The average Bonchev–Trinajstić information content (AvgIpc) is 2.73. The molecule has 1 aromatic heterocycles. The molecular formula is C17H26ClN3O. The van der Waals surface area contributed by atoms with Crippen molar-refractivity contribution >= 4 is 18.3 Å². The van der Waals surface area contributed by atoms with E-state index in [1.54, 1.807) is 0 Å². The molecule has 1 aliphatic carbocycles. The SMILES string of the molecule is Cl.O=C(C1CCC1)N(Cc1ccccn1)C1CCCNCC1. The molecule has 122 valence electrons. The second-order valence-electron chi connectivity index (χ2n) is 6.25. The number of halogens is 1. The lowest BCUT2D eigenvalue weighted by Gasteiger charge is -2.36. The van der Waals surface area contributed by atoms with Gasteiger partial charge < -0.3 is 10.2 Å². The van der Waals surface area contributed by atoms with E-state index in [2.05, 4.69) is 15.2 Å². The minimum atomic E-state index is 0. The van der Waals surface area contributed by atoms with Gasteiger partial charge in [0.1, 0.15) is 0 Å². The molecule has 2 fully saturated rings. The fourth-order valence-electron chi connectivity index (χ4n) is 3.26. The third-order valence-electron chi connectivity index (χ3n) is 4.78. The van der Waals surface area contributed by atoms with Gasteiger partial charge in [0.2, 0.25) is 5.91 Å². The summed E-state index contributed by atoms with van der Waals surface area (Å²) in [6, 6.07) is 6.32. The van der Waals surface area contributed by atoms with E-state index < -0.39 is 0 Å². The Hall–Kier alpha value is -1.13. The van der Waals surface area contributed by atoms with Gasteiger partial charge in [0, 0.05) is 18.2 Å². The Bertz CT molecular complexity index is 456. The molecule has 2 heterocycles. The van der Waals surface area contributed by atoms with Gasteiger partial charge in [-0.15, -0.1) is 12.4 Å². The van der Waals surface area contributed by atoms with Crippen LogP contribution in [0.4, 0.5) is 0 Å². The summed E-state index contributed by atoms with van der Waals surface area (Å²) in [4.78, 5) is 19.4. The molecule has 0 bridgehead atoms. The van der Waals surface area contributed by atoms with E-state index in [-0.39, 0.29) is 18.3 Å². The van der Waals surface area contributed by atoms with E-state index in [1.807, 2.05) is 24.4 Å². The highest BCUT2D eigenvalue weighted by molar-refractivity contribution is 5.85. The molecule has 4 nitrogen and oxygen atoms in total. The Labute approximate surface area is 139 Å². The Balaban J connectivity index is 0.00000176. The molecule has 0 radical (unpaired) electrons. The number of aromatic nitrogens is 1. The predicted molar refractivity (Wildman–Crippen MR) is 89.9 cm³/mol. The number of nitrogens with one attached hydrogen (secondary N) is 1. The highest BCUT2D eigenvalue weighted by Gasteiger charge is 2.33. The molecule has 2 aliphatic rings. The summed E-state index contributed by atoms with van der Waals surface area (Å²) < 4.78 is 0. The largest absolute Gasteiger partial charge is 0.334 e. The summed E-state index contributed by atoms with van der Waals surface area (Å²) in [5, 5.41) is 3.44. The van der Waals surface area contributed by atoms with E-state index >= 15 is 0 Å². The summed E-state index contributed by atoms with van der Waals surface area (Å²) in [5.74, 6) is 0.628. The molecule has 0 aromatic carbocycles. The monoisotopic (exact) mass is 323 g/mol. The van der Waals surface area contributed by atoms with Crippen molar-refractivity contribution in [1.29, 1.82) is 0 Å². The summed E-state index contributed by atoms with van der Waals surface area (Å²) >= 11 is 0. The summed E-state index contributed by atoms with van der Waals surface area (Å²) in [7, 11) is 0. The first kappa shape index (κ1) is 17.2. The molecule has 1 atom stereocenters. The zero-order valence-electron chi connectivity index (χ0n) is 13.0. The second kappa shape index (κ2) is 8.49. The van der Waals surface area contributed by atoms with Gasteiger partial charge in [-0.1, -0.05) is 12.5 Å². The minimum absolute atomic E-state index is 0. The third kappa shape index (κ3) is 4.20. The molecule has 1 saturated carbocycles. The van der Waals surface area contributed by atoms with Crippen LogP contribution in [0.1, 0.15) is 44.2 Å². The molecule has 1 amide bonds. The molecule has 1 aromatic rings. The van der Waals surface area contributed by atoms with Gasteiger partial charge in [-0.25, -0.2) is 0 Å². The van der Waals surface area contributed by atoms with Crippen LogP contribution in [0.15, 0.2) is 24.4 Å². The summed E-state index contributed by atoms with van der Waals surface area (Å²) in [5.41, 5.74) is 1.00. The number of hydrogen-bond acceptors (Lipinski definition) is 3. The molecule has 22 heavy (non-hydrogen) atoms. The van der Waals surface area contributed by atoms with Crippen LogP contribution in [0.2, 0.25) is 0 Å². The molecule has 1 unspecified atom stereocenters. The van der Waals surface area contributed by atoms with Crippen molar-refractivity contribution in [2.45, 2.75) is 51.1 Å². The molecule has 1 N–H and O–H groups in total. The second-order valence-corrected chi connectivity index (χ2v) is 6.25. The maximum atomic E-state index is 12.8. The standard InChI is InChI=1S/C17H25N3O.ClH/c21-17(14-5-3-6-14)20(13-15-7-1-2-11-19-15)16-8-4-10-18-12-9-16;/h1-2,7,11,14,16,18H,3-6,8-10,12-13H2;1H. The fraction of sp³-hybridized carbons (Fsp3) is 0.647. The van der Waals surface area contributed by atoms with Crippen molar-refractivity contribution in [2.75, 3.05) is 13.1 Å². The topological polar surface area (TPSA) is 45.2 Å². The number of rotatable bonds is 4. The number of carbonyl (C=O) groups is 1. The number of pyridine rings is 1. The van der Waals surface area contributed by atoms with Gasteiger partial charge in [0.25, 0.3) is 0 Å². The van der Waals surface area contributed by atoms with E-state index in [0.29, 0.717) is 18.5 Å². The van der Waals surface area contributed by atoms with Crippen molar-refractivity contribution in [2.24, 2.45) is 5.92 Å². The van der Waals surface area contributed by atoms with Crippen LogP contribution in [0, 0.1) is 5.92 Å². The van der Waals surface area contributed by atoms with E-state index in [0.717, 1.165) is 50.9 Å². The maximum absolute atomic E-state index is 12.8. The summed E-state index contributed by atoms with van der Waals surface area (Å²) in [6.07, 6.45) is 8.49. The van der Waals surface area contributed by atoms with Crippen LogP contribution in [0.5, 0.6) is 0 Å². The first-order valence-electron chi connectivity index (χ1n) is 8.25. The smallest absolute Gasteiger partial charge is 0.226 e. The van der Waals surface area contributed by atoms with Gasteiger partial charge in [-0.2, -0.15) is 0 Å². The lowest BCUT2D eigenvalue weighted by Crippen LogP contribution is -2.45. The Morgan fingerprint density at radius 2 is 2.05 bits per heavy atom. The average molecular weight is 324 g/mol. The van der Waals surface area contributed by atoms with Crippen molar-refractivity contribution in [3.8, 4) is 0 Å². The van der Waals surface area contributed by atoms with Gasteiger partial charge in [0.15, 0.2) is 0 Å². The lowest BCUT2D eigenvalue weighted by atomic mass is 9.83. The van der Waals surface area contributed by atoms with Gasteiger partial charge in [-0.05, 0) is 57.3 Å². The van der Waals surface area contributed by atoms with Crippen LogP contribution in [-0.2, 0) is 11.3 Å². The number of carbonyl (C=O) groups excluding carboxylic acids is 1. The highest BCUT2D eigenvalue weighted by atomic mass is 35.5. The van der Waals surface area contributed by atoms with Crippen LogP contribution >= 0.6 is 12.4 Å². The van der Waals surface area contributed by atoms with Crippen molar-refractivity contribution in [3.05, 3.63) is 30.1 Å². The molecule has 5 heteroatoms. The Morgan fingerprint density at radius 1 is 1.18 bits per heavy atom. The predicted octanol–water partition coefficient (Wildman–Crippen LogP) is 2.77. The maximum Gasteiger partial charge on any atom is 0.226 e. The Morgan fingerprint density at radius 3 is 2.73 bits per heavy atom. The first-order valence-corrected chi connectivity index (χ1v) is 8.25. The minimum Gasteiger partial charge on any atom is -0.334 e. The van der Waals surface area contributed by atoms with Crippen molar-refractivity contribution < 1.29 is 4.79 Å². The lowest BCUT2D eigenvalue weighted by molar-refractivity contribution is -0.141. The molecular weight excluding hydrogens is 298 g/mol. The van der Waals surface area contributed by atoms with Gasteiger partial charge in [-0.3, -0.25) is 9.78 Å². The quantitative estimate of drug-likeness (QED) is 0.926. The molecule has 3 rings (SSSR count). The molecule has 1 saturated heterocycles. The number of nitrogens with zero attached hydrogens (tertiary/aromatic N) is 2. The van der Waals surface area contributed by atoms with E-state index in [9.17, 15) is 4.79 Å². The molecule has 1 aliphatic heterocycles. The fourth-order valence-corrected chi connectivity index (χ4v) is 3.26. The van der Waals surface area contributed by atoms with Crippen LogP contribution in [0.25, 0.3) is 0 Å². The number of hydrogen-bond donors (Lipinski definition) is 1. The summed E-state index contributed by atoms with van der Waals surface area (Å²) in [6.45, 7) is 2.76. The first-order chi connectivity index (χ1) is 10.3. The van der Waals surface area contributed by atoms with Crippen LogP contribution in [0.3, 0.4) is 0 Å². The van der Waals surface area contributed by atoms with Crippen LogP contribution in [-0.4, -0.2) is 34.9 Å². The van der Waals surface area contributed by atoms with Crippen molar-refractivity contribution in [1.82, 2.24) is 15.2 Å².